The lowest BCUT2D eigenvalue weighted by atomic mass is 10.1. The fraction of sp³-hybridized carbons (Fsp3) is 0.476. The smallest absolute Gasteiger partial charge is 0.234 e. The van der Waals surface area contributed by atoms with E-state index < -0.39 is 0 Å². The highest BCUT2D eigenvalue weighted by Gasteiger charge is 2.21. The molecule has 2 heterocycles. The molecule has 0 spiro atoms. The number of nitrogens with zero attached hydrogens (tertiary/aromatic N) is 4. The number of rotatable bonds is 8. The number of carbonyl (C=O) groups excluding carboxylic acids is 3. The maximum Gasteiger partial charge on any atom is 0.234 e. The van der Waals surface area contributed by atoms with Gasteiger partial charge in [-0.05, 0) is 38.8 Å². The van der Waals surface area contributed by atoms with Crippen LogP contribution in [0.25, 0.3) is 0 Å². The Labute approximate surface area is 180 Å². The number of hydrogen-bond donors (Lipinski definition) is 1. The monoisotopic (exact) mass is 429 g/mol. The zero-order valence-electron chi connectivity index (χ0n) is 17.4. The molecule has 1 aromatic carbocycles. The Morgan fingerprint density at radius 3 is 2.73 bits per heavy atom. The number of nitrogens with one attached hydrogen (secondary N) is 1. The zero-order valence-corrected chi connectivity index (χ0v) is 18.2. The van der Waals surface area contributed by atoms with Crippen molar-refractivity contribution in [2.45, 2.75) is 57.8 Å². The van der Waals surface area contributed by atoms with E-state index in [9.17, 15) is 14.4 Å². The molecular formula is C21H27N5O3S. The van der Waals surface area contributed by atoms with Crippen LogP contribution in [-0.4, -0.2) is 49.6 Å². The van der Waals surface area contributed by atoms with E-state index in [1.165, 1.54) is 18.7 Å². The molecular weight excluding hydrogens is 402 g/mol. The molecule has 0 atom stereocenters. The molecule has 1 aliphatic heterocycles. The Kier molecular flexibility index (Phi) is 7.62. The van der Waals surface area contributed by atoms with Gasteiger partial charge in [-0.3, -0.25) is 14.4 Å². The molecule has 1 saturated heterocycles. The summed E-state index contributed by atoms with van der Waals surface area (Å²) in [6, 6.07) is 6.94. The van der Waals surface area contributed by atoms with E-state index >= 15 is 0 Å². The number of likely N-dealkylation sites (tertiary alicyclic amines) is 1. The average molecular weight is 430 g/mol. The van der Waals surface area contributed by atoms with Gasteiger partial charge in [0.15, 0.2) is 16.8 Å². The van der Waals surface area contributed by atoms with Gasteiger partial charge in [0.05, 0.1) is 18.0 Å². The molecule has 30 heavy (non-hydrogen) atoms. The van der Waals surface area contributed by atoms with Gasteiger partial charge in [0, 0.05) is 25.1 Å². The molecule has 0 unspecified atom stereocenters. The second-order valence-corrected chi connectivity index (χ2v) is 8.15. The number of hydrogen-bond acceptors (Lipinski definition) is 6. The molecule has 0 bridgehead atoms. The SMILES string of the molecule is CCn1c(CN2CCCCCC2=O)nnc1SCC(=O)Nc1ccccc1C(C)=O. The van der Waals surface area contributed by atoms with Gasteiger partial charge in [0.2, 0.25) is 11.8 Å². The van der Waals surface area contributed by atoms with E-state index in [-0.39, 0.29) is 23.4 Å². The van der Waals surface area contributed by atoms with Crippen LogP contribution >= 0.6 is 11.8 Å². The molecule has 2 amide bonds. The van der Waals surface area contributed by atoms with Gasteiger partial charge in [-0.15, -0.1) is 10.2 Å². The van der Waals surface area contributed by atoms with E-state index in [1.807, 2.05) is 16.4 Å². The van der Waals surface area contributed by atoms with Crippen LogP contribution < -0.4 is 5.32 Å². The third kappa shape index (κ3) is 5.47. The lowest BCUT2D eigenvalue weighted by Crippen LogP contribution is -2.31. The van der Waals surface area contributed by atoms with Crippen LogP contribution in [-0.2, 0) is 22.7 Å². The third-order valence-corrected chi connectivity index (χ3v) is 5.99. The predicted molar refractivity (Wildman–Crippen MR) is 115 cm³/mol. The highest BCUT2D eigenvalue weighted by molar-refractivity contribution is 7.99. The molecule has 3 rings (SSSR count). The Bertz CT molecular complexity index is 927. The minimum Gasteiger partial charge on any atom is -0.335 e. The van der Waals surface area contributed by atoms with E-state index in [4.69, 9.17) is 0 Å². The number of amides is 2. The van der Waals surface area contributed by atoms with Crippen molar-refractivity contribution in [3.8, 4) is 0 Å². The zero-order chi connectivity index (χ0) is 21.5. The summed E-state index contributed by atoms with van der Waals surface area (Å²) in [6.45, 7) is 5.31. The quantitative estimate of drug-likeness (QED) is 0.511. The van der Waals surface area contributed by atoms with Gasteiger partial charge in [0.1, 0.15) is 0 Å². The minimum absolute atomic E-state index is 0.100. The lowest BCUT2D eigenvalue weighted by Gasteiger charge is -2.20. The fourth-order valence-electron chi connectivity index (χ4n) is 3.45. The Hall–Kier alpha value is -2.68. The molecule has 9 heteroatoms. The van der Waals surface area contributed by atoms with E-state index in [2.05, 4.69) is 15.5 Å². The van der Waals surface area contributed by atoms with Crippen molar-refractivity contribution >= 4 is 35.0 Å². The number of Topliss-reactive ketones (excluding diaryl/α,β-unsaturated/α-hetero) is 1. The summed E-state index contributed by atoms with van der Waals surface area (Å²) in [5, 5.41) is 11.9. The number of para-hydroxylation sites is 1. The molecule has 8 nitrogen and oxygen atoms in total. The first-order valence-electron chi connectivity index (χ1n) is 10.2. The second kappa shape index (κ2) is 10.4. The molecule has 2 aromatic rings. The highest BCUT2D eigenvalue weighted by Crippen LogP contribution is 2.21. The van der Waals surface area contributed by atoms with E-state index in [0.29, 0.717) is 35.9 Å². The fourth-order valence-corrected chi connectivity index (χ4v) is 4.27. The maximum absolute atomic E-state index is 12.4. The number of aromatic nitrogens is 3. The van der Waals surface area contributed by atoms with Crippen LogP contribution in [0.4, 0.5) is 5.69 Å². The van der Waals surface area contributed by atoms with Gasteiger partial charge in [0.25, 0.3) is 0 Å². The average Bonchev–Trinajstić information content (AvgIpc) is 3.00. The Balaban J connectivity index is 1.62. The third-order valence-electron chi connectivity index (χ3n) is 5.03. The summed E-state index contributed by atoms with van der Waals surface area (Å²) in [6.07, 6.45) is 3.61. The summed E-state index contributed by atoms with van der Waals surface area (Å²) in [7, 11) is 0. The van der Waals surface area contributed by atoms with Crippen molar-refractivity contribution in [2.24, 2.45) is 0 Å². The number of ketones is 1. The minimum atomic E-state index is -0.219. The number of benzene rings is 1. The van der Waals surface area contributed by atoms with Crippen molar-refractivity contribution in [3.05, 3.63) is 35.7 Å². The maximum atomic E-state index is 12.4. The van der Waals surface area contributed by atoms with Crippen molar-refractivity contribution in [3.63, 3.8) is 0 Å². The van der Waals surface area contributed by atoms with Gasteiger partial charge >= 0.3 is 0 Å². The van der Waals surface area contributed by atoms with Crippen LogP contribution in [0.1, 0.15) is 55.7 Å². The van der Waals surface area contributed by atoms with Crippen molar-refractivity contribution in [2.75, 3.05) is 17.6 Å². The molecule has 1 N–H and O–H groups in total. The normalized spacial score (nSPS) is 14.5. The molecule has 160 valence electrons. The van der Waals surface area contributed by atoms with Gasteiger partial charge < -0.3 is 14.8 Å². The summed E-state index contributed by atoms with van der Waals surface area (Å²) in [4.78, 5) is 38.3. The number of carbonyl (C=O) groups is 3. The summed E-state index contributed by atoms with van der Waals surface area (Å²) >= 11 is 1.29. The molecule has 1 aromatic heterocycles. The van der Waals surface area contributed by atoms with Gasteiger partial charge in [-0.25, -0.2) is 0 Å². The molecule has 0 saturated carbocycles. The molecule has 0 aliphatic carbocycles. The first-order valence-corrected chi connectivity index (χ1v) is 11.2. The van der Waals surface area contributed by atoms with E-state index in [1.54, 1.807) is 24.3 Å². The van der Waals surface area contributed by atoms with E-state index in [0.717, 1.165) is 31.6 Å². The molecule has 1 fully saturated rings. The molecule has 1 aliphatic rings. The van der Waals surface area contributed by atoms with Crippen LogP contribution in [0.2, 0.25) is 0 Å². The summed E-state index contributed by atoms with van der Waals surface area (Å²) in [5.41, 5.74) is 0.991. The summed E-state index contributed by atoms with van der Waals surface area (Å²) < 4.78 is 1.94. The first-order chi connectivity index (χ1) is 14.5. The largest absolute Gasteiger partial charge is 0.335 e. The van der Waals surface area contributed by atoms with Gasteiger partial charge in [-0.1, -0.05) is 30.3 Å². The number of anilines is 1. The Morgan fingerprint density at radius 2 is 1.97 bits per heavy atom. The number of thioether (sulfide) groups is 1. The van der Waals surface area contributed by atoms with Crippen molar-refractivity contribution in [1.29, 1.82) is 0 Å². The molecule has 0 radical (unpaired) electrons. The standard InChI is InChI=1S/C21H27N5O3S/c1-3-26-18(13-25-12-8-4-5-11-20(25)29)23-24-21(26)30-14-19(28)22-17-10-7-6-9-16(17)15(2)27/h6-7,9-10H,3-5,8,11-14H2,1-2H3,(H,22,28). The second-order valence-electron chi connectivity index (χ2n) is 7.21. The summed E-state index contributed by atoms with van der Waals surface area (Å²) in [5.74, 6) is 0.724. The Morgan fingerprint density at radius 1 is 1.17 bits per heavy atom. The van der Waals surface area contributed by atoms with Crippen LogP contribution in [0.3, 0.4) is 0 Å². The van der Waals surface area contributed by atoms with Crippen LogP contribution in [0.15, 0.2) is 29.4 Å². The topological polar surface area (TPSA) is 97.2 Å². The van der Waals surface area contributed by atoms with Crippen LogP contribution in [0.5, 0.6) is 0 Å². The van der Waals surface area contributed by atoms with Crippen LogP contribution in [0, 0.1) is 0 Å². The predicted octanol–water partition coefficient (Wildman–Crippen LogP) is 3.13. The van der Waals surface area contributed by atoms with Crippen molar-refractivity contribution < 1.29 is 14.4 Å². The van der Waals surface area contributed by atoms with Crippen molar-refractivity contribution in [1.82, 2.24) is 19.7 Å². The lowest BCUT2D eigenvalue weighted by molar-refractivity contribution is -0.131. The highest BCUT2D eigenvalue weighted by atomic mass is 32.2. The first kappa shape index (κ1) is 22.0. The van der Waals surface area contributed by atoms with Gasteiger partial charge in [-0.2, -0.15) is 0 Å².